The number of ether oxygens (including phenoxy) is 1. The summed E-state index contributed by atoms with van der Waals surface area (Å²) in [6, 6.07) is 3.26. The lowest BCUT2D eigenvalue weighted by Crippen LogP contribution is -2.42. The topological polar surface area (TPSA) is 48.9 Å². The first-order valence-corrected chi connectivity index (χ1v) is 8.88. The SMILES string of the molecule is CN=C(NCCN(CCOC)C1CC1)NCc1ccc(F)cc1C(F)(F)F. The first-order valence-electron chi connectivity index (χ1n) is 8.88. The number of hydrogen-bond acceptors (Lipinski definition) is 3. The minimum Gasteiger partial charge on any atom is -0.383 e. The Balaban J connectivity index is 1.85. The highest BCUT2D eigenvalue weighted by Gasteiger charge is 2.33. The molecule has 0 aliphatic heterocycles. The van der Waals surface area contributed by atoms with Gasteiger partial charge in [-0.05, 0) is 30.5 Å². The van der Waals surface area contributed by atoms with Crippen LogP contribution in [-0.2, 0) is 17.5 Å². The summed E-state index contributed by atoms with van der Waals surface area (Å²) >= 11 is 0. The van der Waals surface area contributed by atoms with Crippen LogP contribution >= 0.6 is 0 Å². The van der Waals surface area contributed by atoms with Gasteiger partial charge in [-0.1, -0.05) is 6.07 Å². The molecule has 2 N–H and O–H groups in total. The van der Waals surface area contributed by atoms with Gasteiger partial charge in [0.25, 0.3) is 0 Å². The normalized spacial score (nSPS) is 15.3. The number of hydrogen-bond donors (Lipinski definition) is 2. The molecule has 1 fully saturated rings. The monoisotopic (exact) mass is 390 g/mol. The predicted octanol–water partition coefficient (Wildman–Crippen LogP) is 2.62. The second kappa shape index (κ2) is 9.89. The highest BCUT2D eigenvalue weighted by Crippen LogP contribution is 2.32. The molecule has 1 saturated carbocycles. The Morgan fingerprint density at radius 3 is 2.59 bits per heavy atom. The van der Waals surface area contributed by atoms with Crippen LogP contribution in [-0.4, -0.2) is 57.3 Å². The summed E-state index contributed by atoms with van der Waals surface area (Å²) in [7, 11) is 3.22. The molecule has 2 rings (SSSR count). The fourth-order valence-electron chi connectivity index (χ4n) is 2.81. The van der Waals surface area contributed by atoms with Crippen LogP contribution in [0.1, 0.15) is 24.0 Å². The van der Waals surface area contributed by atoms with Crippen LogP contribution in [0.5, 0.6) is 0 Å². The van der Waals surface area contributed by atoms with E-state index in [0.29, 0.717) is 31.2 Å². The summed E-state index contributed by atoms with van der Waals surface area (Å²) in [6.45, 7) is 2.80. The maximum Gasteiger partial charge on any atom is 0.416 e. The molecule has 0 heterocycles. The zero-order chi connectivity index (χ0) is 19.9. The zero-order valence-electron chi connectivity index (χ0n) is 15.6. The van der Waals surface area contributed by atoms with E-state index in [1.807, 2.05) is 0 Å². The second-order valence-electron chi connectivity index (χ2n) is 6.41. The van der Waals surface area contributed by atoms with E-state index in [-0.39, 0.29) is 12.1 Å². The van der Waals surface area contributed by atoms with Crippen LogP contribution in [0.2, 0.25) is 0 Å². The summed E-state index contributed by atoms with van der Waals surface area (Å²) in [5, 5.41) is 5.95. The third-order valence-electron chi connectivity index (χ3n) is 4.38. The van der Waals surface area contributed by atoms with Crippen LogP contribution in [0.4, 0.5) is 17.6 Å². The second-order valence-corrected chi connectivity index (χ2v) is 6.41. The highest BCUT2D eigenvalue weighted by molar-refractivity contribution is 5.79. The molecular weight excluding hydrogens is 364 g/mol. The molecule has 0 saturated heterocycles. The van der Waals surface area contributed by atoms with Crippen molar-refractivity contribution < 1.29 is 22.3 Å². The Hall–Kier alpha value is -1.87. The predicted molar refractivity (Wildman–Crippen MR) is 96.1 cm³/mol. The Morgan fingerprint density at radius 2 is 2.00 bits per heavy atom. The number of aliphatic imine (C=N–C) groups is 1. The molecule has 0 unspecified atom stereocenters. The van der Waals surface area contributed by atoms with Crippen molar-refractivity contribution in [1.29, 1.82) is 0 Å². The molecule has 5 nitrogen and oxygen atoms in total. The molecule has 0 amide bonds. The van der Waals surface area contributed by atoms with Crippen molar-refractivity contribution in [3.8, 4) is 0 Å². The largest absolute Gasteiger partial charge is 0.416 e. The van der Waals surface area contributed by atoms with Gasteiger partial charge in [0.15, 0.2) is 5.96 Å². The van der Waals surface area contributed by atoms with E-state index in [1.54, 1.807) is 14.2 Å². The standard InChI is InChI=1S/C18H26F4N4O/c1-23-17(24-7-8-26(9-10-27-2)15-5-6-15)25-12-13-3-4-14(19)11-16(13)18(20,21)22/h3-4,11,15H,5-10,12H2,1-2H3,(H2,23,24,25). The summed E-state index contributed by atoms with van der Waals surface area (Å²) in [4.78, 5) is 6.35. The Kier molecular flexibility index (Phi) is 7.85. The van der Waals surface area contributed by atoms with Gasteiger partial charge in [0, 0.05) is 46.4 Å². The molecule has 1 aliphatic rings. The average Bonchev–Trinajstić information content (AvgIpc) is 3.45. The van der Waals surface area contributed by atoms with Crippen LogP contribution in [0.25, 0.3) is 0 Å². The Labute approximate surface area is 156 Å². The minimum atomic E-state index is -4.61. The molecule has 27 heavy (non-hydrogen) atoms. The van der Waals surface area contributed by atoms with Gasteiger partial charge in [-0.2, -0.15) is 13.2 Å². The van der Waals surface area contributed by atoms with Crippen molar-refractivity contribution >= 4 is 5.96 Å². The summed E-state index contributed by atoms with van der Waals surface area (Å²) in [5.41, 5.74) is -1.02. The first kappa shape index (κ1) is 21.4. The molecule has 0 atom stereocenters. The van der Waals surface area contributed by atoms with Crippen LogP contribution in [0, 0.1) is 5.82 Å². The van der Waals surface area contributed by atoms with E-state index in [4.69, 9.17) is 4.74 Å². The van der Waals surface area contributed by atoms with Crippen molar-refractivity contribution in [1.82, 2.24) is 15.5 Å². The van der Waals surface area contributed by atoms with E-state index in [0.717, 1.165) is 25.2 Å². The number of rotatable bonds is 9. The van der Waals surface area contributed by atoms with Gasteiger partial charge in [0.1, 0.15) is 5.82 Å². The summed E-state index contributed by atoms with van der Waals surface area (Å²) in [6.07, 6.45) is -2.24. The number of halogens is 4. The quantitative estimate of drug-likeness (QED) is 0.387. The van der Waals surface area contributed by atoms with E-state index in [9.17, 15) is 17.6 Å². The van der Waals surface area contributed by atoms with Crippen LogP contribution < -0.4 is 10.6 Å². The maximum atomic E-state index is 13.2. The lowest BCUT2D eigenvalue weighted by Gasteiger charge is -2.22. The van der Waals surface area contributed by atoms with Crippen molar-refractivity contribution in [2.24, 2.45) is 4.99 Å². The number of guanidine groups is 1. The lowest BCUT2D eigenvalue weighted by atomic mass is 10.1. The molecule has 1 aromatic rings. The Morgan fingerprint density at radius 1 is 1.26 bits per heavy atom. The lowest BCUT2D eigenvalue weighted by molar-refractivity contribution is -0.138. The number of nitrogens with zero attached hydrogens (tertiary/aromatic N) is 2. The van der Waals surface area contributed by atoms with E-state index < -0.39 is 17.6 Å². The van der Waals surface area contributed by atoms with Gasteiger partial charge < -0.3 is 15.4 Å². The van der Waals surface area contributed by atoms with Crippen molar-refractivity contribution in [3.63, 3.8) is 0 Å². The van der Waals surface area contributed by atoms with Gasteiger partial charge in [0.05, 0.1) is 12.2 Å². The molecule has 0 aromatic heterocycles. The van der Waals surface area contributed by atoms with Crippen molar-refractivity contribution in [2.45, 2.75) is 31.6 Å². The molecule has 9 heteroatoms. The fourth-order valence-corrected chi connectivity index (χ4v) is 2.81. The molecule has 0 bridgehead atoms. The highest BCUT2D eigenvalue weighted by atomic mass is 19.4. The van der Waals surface area contributed by atoms with Crippen molar-refractivity contribution in [3.05, 3.63) is 35.1 Å². The third kappa shape index (κ3) is 6.99. The zero-order valence-corrected chi connectivity index (χ0v) is 15.6. The summed E-state index contributed by atoms with van der Waals surface area (Å²) in [5.74, 6) is -0.514. The van der Waals surface area contributed by atoms with E-state index >= 15 is 0 Å². The van der Waals surface area contributed by atoms with Crippen LogP contribution in [0.3, 0.4) is 0 Å². The minimum absolute atomic E-state index is 0.0356. The summed E-state index contributed by atoms with van der Waals surface area (Å²) < 4.78 is 57.5. The van der Waals surface area contributed by atoms with Gasteiger partial charge in [-0.25, -0.2) is 4.39 Å². The number of nitrogens with one attached hydrogen (secondary N) is 2. The molecule has 152 valence electrons. The molecule has 1 aromatic carbocycles. The van der Waals surface area contributed by atoms with Crippen LogP contribution in [0.15, 0.2) is 23.2 Å². The van der Waals surface area contributed by atoms with Gasteiger partial charge in [-0.3, -0.25) is 9.89 Å². The first-order chi connectivity index (χ1) is 12.8. The van der Waals surface area contributed by atoms with Gasteiger partial charge in [-0.15, -0.1) is 0 Å². The molecule has 0 spiro atoms. The van der Waals surface area contributed by atoms with E-state index in [2.05, 4.69) is 20.5 Å². The molecule has 0 radical (unpaired) electrons. The number of benzene rings is 1. The fraction of sp³-hybridized carbons (Fsp3) is 0.611. The number of alkyl halides is 3. The van der Waals surface area contributed by atoms with Gasteiger partial charge in [0.2, 0.25) is 0 Å². The molecule has 1 aliphatic carbocycles. The smallest absolute Gasteiger partial charge is 0.383 e. The molecular formula is C18H26F4N4O. The number of methoxy groups -OCH3 is 1. The maximum absolute atomic E-state index is 13.2. The average molecular weight is 390 g/mol. The Bertz CT molecular complexity index is 632. The van der Waals surface area contributed by atoms with Gasteiger partial charge >= 0.3 is 6.18 Å². The van der Waals surface area contributed by atoms with Crippen molar-refractivity contribution in [2.75, 3.05) is 40.4 Å². The van der Waals surface area contributed by atoms with E-state index in [1.165, 1.54) is 12.8 Å². The third-order valence-corrected chi connectivity index (χ3v) is 4.38.